The maximum atomic E-state index is 12.4. The molecule has 0 fully saturated rings. The average Bonchev–Trinajstić information content (AvgIpc) is 3.18. The van der Waals surface area contributed by atoms with Crippen LogP contribution in [0.1, 0.15) is 37.7 Å². The van der Waals surface area contributed by atoms with Gasteiger partial charge in [0.15, 0.2) is 5.82 Å². The Labute approximate surface area is 174 Å². The molecule has 4 rings (SSSR count). The van der Waals surface area contributed by atoms with Gasteiger partial charge >= 0.3 is 0 Å². The molecule has 1 aliphatic carbocycles. The van der Waals surface area contributed by atoms with Gasteiger partial charge in [0, 0.05) is 17.0 Å². The first-order valence-electron chi connectivity index (χ1n) is 9.72. The maximum Gasteiger partial charge on any atom is 0.276 e. The molecule has 2 aromatic rings. The molecule has 30 heavy (non-hydrogen) atoms. The van der Waals surface area contributed by atoms with Crippen LogP contribution in [0.15, 0.2) is 75.0 Å². The van der Waals surface area contributed by atoms with Crippen molar-refractivity contribution in [3.8, 4) is 0 Å². The van der Waals surface area contributed by atoms with E-state index in [1.807, 2.05) is 69.3 Å². The normalized spacial score (nSPS) is 18.0. The van der Waals surface area contributed by atoms with Gasteiger partial charge in [0.2, 0.25) is 5.91 Å². The quantitative estimate of drug-likeness (QED) is 0.808. The average molecular weight is 402 g/mol. The van der Waals surface area contributed by atoms with Crippen LogP contribution in [-0.4, -0.2) is 17.0 Å². The zero-order valence-corrected chi connectivity index (χ0v) is 17.0. The smallest absolute Gasteiger partial charge is 0.276 e. The molecule has 2 aliphatic rings. The molecule has 0 radical (unpaired) electrons. The van der Waals surface area contributed by atoms with Crippen molar-refractivity contribution in [3.63, 3.8) is 0 Å². The van der Waals surface area contributed by atoms with E-state index in [0.29, 0.717) is 17.3 Å². The summed E-state index contributed by atoms with van der Waals surface area (Å²) in [6, 6.07) is 9.25. The molecule has 1 atom stereocenters. The third-order valence-corrected chi connectivity index (χ3v) is 4.92. The van der Waals surface area contributed by atoms with Crippen molar-refractivity contribution in [2.24, 2.45) is 16.1 Å². The molecule has 0 spiro atoms. The topological polar surface area (TPSA) is 96.9 Å². The molecule has 1 aromatic heterocycles. The lowest BCUT2D eigenvalue weighted by Gasteiger charge is -2.19. The standard InChI is InChI=1S/C23H22N4O3/c1-23(2,3)18-13-19(27-30-18)24-20(28)12-14-8-10-15(11-9-14)21-16-6-4-5-7-17(16)22(29)26-25-21/h4-11,13,17H,12H2,1-3H3,(H,24,27,28). The zero-order valence-electron chi connectivity index (χ0n) is 17.0. The molecule has 7 nitrogen and oxygen atoms in total. The Bertz CT molecular complexity index is 1110. The van der Waals surface area contributed by atoms with Crippen LogP contribution in [0.4, 0.5) is 5.82 Å². The molecule has 2 heterocycles. The Morgan fingerprint density at radius 1 is 1.13 bits per heavy atom. The summed E-state index contributed by atoms with van der Waals surface area (Å²) in [5, 5.41) is 14.5. The van der Waals surface area contributed by atoms with Gasteiger partial charge in [0.1, 0.15) is 5.76 Å². The molecule has 1 unspecified atom stereocenters. The third kappa shape index (κ3) is 4.05. The molecule has 1 aliphatic heterocycles. The zero-order chi connectivity index (χ0) is 21.3. The minimum absolute atomic E-state index is 0.176. The molecular weight excluding hydrogens is 380 g/mol. The highest BCUT2D eigenvalue weighted by Gasteiger charge is 2.27. The van der Waals surface area contributed by atoms with Crippen LogP contribution in [-0.2, 0) is 21.4 Å². The number of benzene rings is 1. The SMILES string of the molecule is CC(C)(C)c1cc(NC(=O)Cc2ccc(C3=C4C=CC=CC4C(=O)N=N3)cc2)no1. The van der Waals surface area contributed by atoms with Gasteiger partial charge < -0.3 is 9.84 Å². The lowest BCUT2D eigenvalue weighted by atomic mass is 9.89. The summed E-state index contributed by atoms with van der Waals surface area (Å²) in [4.78, 5) is 24.3. The summed E-state index contributed by atoms with van der Waals surface area (Å²) in [6.07, 6.45) is 7.64. The molecular formula is C23H22N4O3. The van der Waals surface area contributed by atoms with Gasteiger partial charge in [0.05, 0.1) is 18.0 Å². The summed E-state index contributed by atoms with van der Waals surface area (Å²) in [5.74, 6) is 0.297. The van der Waals surface area contributed by atoms with Gasteiger partial charge in [-0.25, -0.2) is 0 Å². The minimum Gasteiger partial charge on any atom is -0.359 e. The van der Waals surface area contributed by atoms with Crippen molar-refractivity contribution in [1.29, 1.82) is 0 Å². The Hall–Kier alpha value is -3.61. The van der Waals surface area contributed by atoms with Gasteiger partial charge in [-0.15, -0.1) is 10.2 Å². The van der Waals surface area contributed by atoms with Gasteiger partial charge in [-0.2, -0.15) is 0 Å². The van der Waals surface area contributed by atoms with E-state index in [4.69, 9.17) is 4.52 Å². The van der Waals surface area contributed by atoms with Crippen molar-refractivity contribution in [3.05, 3.63) is 77.1 Å². The lowest BCUT2D eigenvalue weighted by Crippen LogP contribution is -2.17. The number of anilines is 1. The van der Waals surface area contributed by atoms with E-state index in [1.54, 1.807) is 6.07 Å². The Kier molecular flexibility index (Phi) is 5.03. The van der Waals surface area contributed by atoms with Crippen LogP contribution in [0.3, 0.4) is 0 Å². The van der Waals surface area contributed by atoms with Crippen LogP contribution < -0.4 is 5.32 Å². The van der Waals surface area contributed by atoms with E-state index in [1.165, 1.54) is 0 Å². The van der Waals surface area contributed by atoms with Crippen LogP contribution in [0.2, 0.25) is 0 Å². The van der Waals surface area contributed by atoms with Gasteiger partial charge in [-0.05, 0) is 11.1 Å². The second-order valence-corrected chi connectivity index (χ2v) is 8.31. The number of aromatic nitrogens is 1. The molecule has 1 aromatic carbocycles. The number of carbonyl (C=O) groups is 2. The van der Waals surface area contributed by atoms with Gasteiger partial charge in [-0.1, -0.05) is 74.5 Å². The molecule has 152 valence electrons. The highest BCUT2D eigenvalue weighted by Crippen LogP contribution is 2.34. The molecule has 2 amide bonds. The number of allylic oxidation sites excluding steroid dienone is 3. The summed E-state index contributed by atoms with van der Waals surface area (Å²) < 4.78 is 5.29. The van der Waals surface area contributed by atoms with Crippen LogP contribution >= 0.6 is 0 Å². The number of fused-ring (bicyclic) bond motifs is 1. The number of hydrogen-bond donors (Lipinski definition) is 1. The first-order chi connectivity index (χ1) is 14.3. The first kappa shape index (κ1) is 19.7. The molecule has 0 saturated heterocycles. The van der Waals surface area contributed by atoms with E-state index >= 15 is 0 Å². The third-order valence-electron chi connectivity index (χ3n) is 4.92. The van der Waals surface area contributed by atoms with E-state index in [2.05, 4.69) is 20.7 Å². The number of nitrogens with one attached hydrogen (secondary N) is 1. The van der Waals surface area contributed by atoms with E-state index < -0.39 is 0 Å². The van der Waals surface area contributed by atoms with Crippen molar-refractivity contribution >= 4 is 23.3 Å². The fourth-order valence-electron chi connectivity index (χ4n) is 3.27. The summed E-state index contributed by atoms with van der Waals surface area (Å²) in [6.45, 7) is 6.04. The number of amides is 2. The predicted octanol–water partition coefficient (Wildman–Crippen LogP) is 4.60. The number of rotatable bonds is 4. The van der Waals surface area contributed by atoms with Gasteiger partial charge in [-0.3, -0.25) is 9.59 Å². The monoisotopic (exact) mass is 402 g/mol. The van der Waals surface area contributed by atoms with Crippen molar-refractivity contribution in [1.82, 2.24) is 5.16 Å². The number of carbonyl (C=O) groups excluding carboxylic acids is 2. The van der Waals surface area contributed by atoms with Crippen molar-refractivity contribution in [2.45, 2.75) is 32.6 Å². The van der Waals surface area contributed by atoms with Gasteiger partial charge in [0.25, 0.3) is 5.91 Å². The Morgan fingerprint density at radius 2 is 1.90 bits per heavy atom. The van der Waals surface area contributed by atoms with E-state index in [-0.39, 0.29) is 29.6 Å². The summed E-state index contributed by atoms with van der Waals surface area (Å²) in [7, 11) is 0. The number of hydrogen-bond acceptors (Lipinski definition) is 5. The summed E-state index contributed by atoms with van der Waals surface area (Å²) >= 11 is 0. The fourth-order valence-corrected chi connectivity index (χ4v) is 3.27. The molecule has 0 bridgehead atoms. The second kappa shape index (κ2) is 7.67. The molecule has 1 N–H and O–H groups in total. The highest BCUT2D eigenvalue weighted by molar-refractivity contribution is 5.92. The highest BCUT2D eigenvalue weighted by atomic mass is 16.5. The van der Waals surface area contributed by atoms with Crippen LogP contribution in [0.5, 0.6) is 0 Å². The minimum atomic E-state index is -0.381. The number of azo groups is 1. The first-order valence-corrected chi connectivity index (χ1v) is 9.72. The van der Waals surface area contributed by atoms with Crippen LogP contribution in [0.25, 0.3) is 5.70 Å². The largest absolute Gasteiger partial charge is 0.359 e. The van der Waals surface area contributed by atoms with Crippen molar-refractivity contribution in [2.75, 3.05) is 5.32 Å². The Balaban J connectivity index is 1.45. The van der Waals surface area contributed by atoms with E-state index in [9.17, 15) is 9.59 Å². The second-order valence-electron chi connectivity index (χ2n) is 8.31. The van der Waals surface area contributed by atoms with E-state index in [0.717, 1.165) is 16.7 Å². The Morgan fingerprint density at radius 3 is 2.60 bits per heavy atom. The molecule has 0 saturated carbocycles. The van der Waals surface area contributed by atoms with Crippen molar-refractivity contribution < 1.29 is 14.1 Å². The predicted molar refractivity (Wildman–Crippen MR) is 113 cm³/mol. The maximum absolute atomic E-state index is 12.4. The summed E-state index contributed by atoms with van der Waals surface area (Å²) in [5.41, 5.74) is 3.03. The molecule has 7 heteroatoms. The lowest BCUT2D eigenvalue weighted by molar-refractivity contribution is -0.120. The fraction of sp³-hybridized carbons (Fsp3) is 0.261. The van der Waals surface area contributed by atoms with Crippen LogP contribution in [0, 0.1) is 5.92 Å². The number of nitrogens with zero attached hydrogens (tertiary/aromatic N) is 3.